The van der Waals surface area contributed by atoms with Gasteiger partial charge in [0.15, 0.2) is 8.32 Å². The Labute approximate surface area is 313 Å². The van der Waals surface area contributed by atoms with E-state index in [0.29, 0.717) is 35.6 Å². The summed E-state index contributed by atoms with van der Waals surface area (Å²) in [4.78, 5) is 28.2. The highest BCUT2D eigenvalue weighted by molar-refractivity contribution is 7.98. The second-order valence-corrected chi connectivity index (χ2v) is 21.0. The predicted molar refractivity (Wildman–Crippen MR) is 213 cm³/mol. The summed E-state index contributed by atoms with van der Waals surface area (Å²) in [6.45, 7) is 15.9. The summed E-state index contributed by atoms with van der Waals surface area (Å²) in [5.74, 6) is -2.28. The van der Waals surface area contributed by atoms with Crippen molar-refractivity contribution in [1.29, 1.82) is 0 Å². The van der Waals surface area contributed by atoms with Gasteiger partial charge in [0.1, 0.15) is 17.2 Å². The van der Waals surface area contributed by atoms with Crippen LogP contribution in [0.4, 0.5) is 14.5 Å². The summed E-state index contributed by atoms with van der Waals surface area (Å²) >= 11 is 1.52. The lowest BCUT2D eigenvalue weighted by atomic mass is 9.92. The van der Waals surface area contributed by atoms with Crippen molar-refractivity contribution in [1.82, 2.24) is 5.32 Å². The monoisotopic (exact) mass is 746 g/mol. The van der Waals surface area contributed by atoms with Crippen molar-refractivity contribution < 1.29 is 27.9 Å². The maximum Gasteiger partial charge on any atom is 0.329 e. The van der Waals surface area contributed by atoms with Gasteiger partial charge < -0.3 is 19.7 Å². The molecular formula is C42H52F2N2O4SSi. The van der Waals surface area contributed by atoms with E-state index < -0.39 is 37.4 Å². The number of carbonyl (C=O) groups is 2. The molecule has 52 heavy (non-hydrogen) atoms. The molecule has 0 fully saturated rings. The fourth-order valence-corrected chi connectivity index (χ4v) is 7.39. The fourth-order valence-electron chi connectivity index (χ4n) is 5.73. The van der Waals surface area contributed by atoms with Crippen LogP contribution in [0.1, 0.15) is 66.7 Å². The van der Waals surface area contributed by atoms with E-state index in [9.17, 15) is 23.5 Å². The average molecular weight is 747 g/mol. The Morgan fingerprint density at radius 1 is 0.846 bits per heavy atom. The second-order valence-electron chi connectivity index (χ2n) is 15.2. The zero-order chi connectivity index (χ0) is 38.3. The van der Waals surface area contributed by atoms with E-state index in [0.717, 1.165) is 40.4 Å². The Hall–Kier alpha value is -3.99. The number of aliphatic carboxylic acids is 1. The maximum atomic E-state index is 14.3. The van der Waals surface area contributed by atoms with Crippen LogP contribution in [-0.2, 0) is 28.7 Å². The summed E-state index contributed by atoms with van der Waals surface area (Å²) in [6.07, 6.45) is 2.93. The van der Waals surface area contributed by atoms with Crippen LogP contribution in [0.25, 0.3) is 11.1 Å². The van der Waals surface area contributed by atoms with Gasteiger partial charge >= 0.3 is 5.97 Å². The molecule has 0 aliphatic rings. The SMILES string of the molecule is CSCCC(C)(NC(=O)c1ccc(CN(Cc2cc(F)cc(F)c2)c2ccc(CCO[Si](C)(C)C(C)(C)C)cc2)cc1-c1ccccc1C)C(=O)O. The van der Waals surface area contributed by atoms with Gasteiger partial charge in [0.25, 0.3) is 5.91 Å². The van der Waals surface area contributed by atoms with E-state index in [4.69, 9.17) is 4.43 Å². The van der Waals surface area contributed by atoms with E-state index in [1.807, 2.05) is 66.6 Å². The second kappa shape index (κ2) is 17.2. The molecule has 10 heteroatoms. The zero-order valence-electron chi connectivity index (χ0n) is 31.6. The smallest absolute Gasteiger partial charge is 0.329 e. The first-order valence-electron chi connectivity index (χ1n) is 17.6. The van der Waals surface area contributed by atoms with Crippen LogP contribution in [0.2, 0.25) is 18.1 Å². The first kappa shape index (κ1) is 40.8. The van der Waals surface area contributed by atoms with E-state index >= 15 is 0 Å². The van der Waals surface area contributed by atoms with Gasteiger partial charge in [0.05, 0.1) is 0 Å². The normalized spacial score (nSPS) is 13.0. The summed E-state index contributed by atoms with van der Waals surface area (Å²) in [6, 6.07) is 25.0. The molecule has 4 aromatic rings. The molecule has 1 amide bonds. The van der Waals surface area contributed by atoms with Crippen LogP contribution >= 0.6 is 11.8 Å². The number of nitrogens with zero attached hydrogens (tertiary/aromatic N) is 1. The summed E-state index contributed by atoms with van der Waals surface area (Å²) in [5, 5.41) is 13.0. The van der Waals surface area contributed by atoms with Gasteiger partial charge in [-0.05, 0) is 127 Å². The molecule has 0 saturated heterocycles. The molecule has 0 bridgehead atoms. The Morgan fingerprint density at radius 2 is 1.46 bits per heavy atom. The number of hydrogen-bond acceptors (Lipinski definition) is 5. The van der Waals surface area contributed by atoms with Gasteiger partial charge in [-0.1, -0.05) is 63.2 Å². The van der Waals surface area contributed by atoms with Crippen molar-refractivity contribution in [3.8, 4) is 11.1 Å². The first-order chi connectivity index (χ1) is 24.4. The number of amides is 1. The number of nitrogens with one attached hydrogen (secondary N) is 1. The third-order valence-corrected chi connectivity index (χ3v) is 15.2. The van der Waals surface area contributed by atoms with Crippen LogP contribution in [-0.4, -0.2) is 49.5 Å². The number of aryl methyl sites for hydroxylation is 1. The Balaban J connectivity index is 1.69. The lowest BCUT2D eigenvalue weighted by molar-refractivity contribution is -0.143. The van der Waals surface area contributed by atoms with E-state index in [-0.39, 0.29) is 18.0 Å². The topological polar surface area (TPSA) is 78.9 Å². The maximum absolute atomic E-state index is 14.3. The standard InChI is InChI=1S/C42H52F2N2O4SSi/c1-29-11-9-10-12-36(29)38-25-31(15-18-37(38)39(47)45-42(5,40(48)49)20-22-51-6)27-46(28-32-23-33(43)26-34(44)24-32)35-16-13-30(14-17-35)19-21-50-52(7,8)41(2,3)4/h9-18,23-26H,19-22,27-28H2,1-8H3,(H,45,47)(H,48,49). The largest absolute Gasteiger partial charge is 0.480 e. The van der Waals surface area contributed by atoms with Gasteiger partial charge in [-0.3, -0.25) is 4.79 Å². The zero-order valence-corrected chi connectivity index (χ0v) is 33.4. The lowest BCUT2D eigenvalue weighted by Crippen LogP contribution is -2.52. The Bertz CT molecular complexity index is 1840. The van der Waals surface area contributed by atoms with Gasteiger partial charge in [0, 0.05) is 37.0 Å². The molecule has 278 valence electrons. The van der Waals surface area contributed by atoms with Gasteiger partial charge in [-0.25, -0.2) is 13.6 Å². The van der Waals surface area contributed by atoms with Crippen LogP contribution in [0.3, 0.4) is 0 Å². The summed E-state index contributed by atoms with van der Waals surface area (Å²) in [5.41, 5.74) is 4.72. The van der Waals surface area contributed by atoms with Gasteiger partial charge in [0.2, 0.25) is 0 Å². The molecule has 2 N–H and O–H groups in total. The van der Waals surface area contributed by atoms with Crippen molar-refractivity contribution in [2.45, 2.75) is 84.2 Å². The minimum atomic E-state index is -1.87. The van der Waals surface area contributed by atoms with E-state index in [1.165, 1.54) is 30.8 Å². The number of hydrogen-bond donors (Lipinski definition) is 2. The molecule has 0 aliphatic carbocycles. The van der Waals surface area contributed by atoms with Crippen LogP contribution in [0, 0.1) is 18.6 Å². The fraction of sp³-hybridized carbons (Fsp3) is 0.381. The number of carboxylic acid groups (broad SMARTS) is 1. The van der Waals surface area contributed by atoms with E-state index in [1.54, 1.807) is 6.07 Å². The molecule has 4 rings (SSSR count). The molecule has 6 nitrogen and oxygen atoms in total. The number of rotatable bonds is 16. The van der Waals surface area contributed by atoms with Crippen molar-refractivity contribution in [2.75, 3.05) is 23.5 Å². The molecule has 0 heterocycles. The molecule has 1 unspecified atom stereocenters. The van der Waals surface area contributed by atoms with Crippen LogP contribution < -0.4 is 10.2 Å². The number of thioether (sulfide) groups is 1. The minimum absolute atomic E-state index is 0.127. The molecule has 1 atom stereocenters. The quantitative estimate of drug-likeness (QED) is 0.111. The van der Waals surface area contributed by atoms with Crippen molar-refractivity contribution >= 4 is 37.6 Å². The number of anilines is 1. The number of halogens is 2. The van der Waals surface area contributed by atoms with E-state index in [2.05, 4.69) is 51.3 Å². The predicted octanol–water partition coefficient (Wildman–Crippen LogP) is 10.0. The third-order valence-electron chi connectivity index (χ3n) is 10.1. The average Bonchev–Trinajstić information content (AvgIpc) is 3.06. The number of benzene rings is 4. The molecule has 4 aromatic carbocycles. The molecular weight excluding hydrogens is 695 g/mol. The van der Waals surface area contributed by atoms with Crippen molar-refractivity contribution in [3.05, 3.63) is 124 Å². The highest BCUT2D eigenvalue weighted by Gasteiger charge is 2.37. The molecule has 0 radical (unpaired) electrons. The summed E-state index contributed by atoms with van der Waals surface area (Å²) < 4.78 is 35.0. The van der Waals surface area contributed by atoms with Gasteiger partial charge in [-0.15, -0.1) is 0 Å². The Kier molecular flexibility index (Phi) is 13.5. The van der Waals surface area contributed by atoms with Crippen molar-refractivity contribution in [2.24, 2.45) is 0 Å². The third kappa shape index (κ3) is 10.5. The highest BCUT2D eigenvalue weighted by atomic mass is 32.2. The molecule has 0 saturated carbocycles. The van der Waals surface area contributed by atoms with Gasteiger partial charge in [-0.2, -0.15) is 11.8 Å². The molecule has 0 aromatic heterocycles. The highest BCUT2D eigenvalue weighted by Crippen LogP contribution is 2.37. The minimum Gasteiger partial charge on any atom is -0.480 e. The number of carbonyl (C=O) groups excluding carboxylic acids is 1. The molecule has 0 spiro atoms. The first-order valence-corrected chi connectivity index (χ1v) is 21.9. The van der Waals surface area contributed by atoms with Crippen LogP contribution in [0.5, 0.6) is 0 Å². The lowest BCUT2D eigenvalue weighted by Gasteiger charge is -2.36. The Morgan fingerprint density at radius 3 is 2.06 bits per heavy atom. The van der Waals surface area contributed by atoms with Crippen molar-refractivity contribution in [3.63, 3.8) is 0 Å². The summed E-state index contributed by atoms with van der Waals surface area (Å²) in [7, 11) is -1.87. The van der Waals surface area contributed by atoms with Crippen LogP contribution in [0.15, 0.2) is 84.9 Å². The number of carboxylic acids is 1. The molecule has 0 aliphatic heterocycles.